The van der Waals surface area contributed by atoms with Crippen LogP contribution in [0.3, 0.4) is 0 Å². The van der Waals surface area contributed by atoms with Crippen LogP contribution in [-0.2, 0) is 4.74 Å². The van der Waals surface area contributed by atoms with Gasteiger partial charge in [-0.15, -0.1) is 0 Å². The van der Waals surface area contributed by atoms with E-state index >= 15 is 0 Å². The van der Waals surface area contributed by atoms with Crippen molar-refractivity contribution in [2.24, 2.45) is 0 Å². The third-order valence-electron chi connectivity index (χ3n) is 3.22. The van der Waals surface area contributed by atoms with E-state index in [2.05, 4.69) is 26.1 Å². The van der Waals surface area contributed by atoms with Crippen molar-refractivity contribution in [3.63, 3.8) is 0 Å². The van der Waals surface area contributed by atoms with E-state index in [0.29, 0.717) is 24.2 Å². The number of nitrogens with one attached hydrogen (secondary N) is 1. The Morgan fingerprint density at radius 3 is 2.81 bits per heavy atom. The third-order valence-corrected chi connectivity index (χ3v) is 3.89. The summed E-state index contributed by atoms with van der Waals surface area (Å²) in [5.74, 6) is -0.307. The number of carbonyl (C=O) groups is 1. The van der Waals surface area contributed by atoms with Gasteiger partial charge in [-0.1, -0.05) is 0 Å². The fourth-order valence-corrected chi connectivity index (χ4v) is 2.44. The van der Waals surface area contributed by atoms with E-state index in [9.17, 15) is 14.9 Å². The van der Waals surface area contributed by atoms with Gasteiger partial charge in [0.15, 0.2) is 0 Å². The van der Waals surface area contributed by atoms with E-state index in [1.165, 1.54) is 12.1 Å². The summed E-state index contributed by atoms with van der Waals surface area (Å²) in [6.07, 6.45) is 0. The van der Waals surface area contributed by atoms with Crippen molar-refractivity contribution in [1.29, 1.82) is 0 Å². The van der Waals surface area contributed by atoms with E-state index in [1.807, 2.05) is 0 Å². The Morgan fingerprint density at radius 2 is 2.14 bits per heavy atom. The zero-order valence-electron chi connectivity index (χ0n) is 11.4. The molecule has 1 aliphatic heterocycles. The lowest BCUT2D eigenvalue weighted by Crippen LogP contribution is -2.41. The first kappa shape index (κ1) is 15.9. The molecule has 7 nitrogen and oxygen atoms in total. The minimum atomic E-state index is -0.519. The van der Waals surface area contributed by atoms with E-state index in [-0.39, 0.29) is 17.2 Å². The van der Waals surface area contributed by atoms with Gasteiger partial charge in [-0.25, -0.2) is 0 Å². The minimum Gasteiger partial charge on any atom is -0.379 e. The average Bonchev–Trinajstić information content (AvgIpc) is 2.48. The van der Waals surface area contributed by atoms with Gasteiger partial charge >= 0.3 is 0 Å². The molecule has 1 amide bonds. The van der Waals surface area contributed by atoms with Gasteiger partial charge in [0.1, 0.15) is 0 Å². The molecule has 1 heterocycles. The van der Waals surface area contributed by atoms with Crippen molar-refractivity contribution in [3.8, 4) is 0 Å². The van der Waals surface area contributed by atoms with Crippen molar-refractivity contribution in [2.45, 2.75) is 0 Å². The molecule has 0 bridgehead atoms. The van der Waals surface area contributed by atoms with E-state index in [0.717, 1.165) is 19.6 Å². The molecule has 1 saturated heterocycles. The third kappa shape index (κ3) is 4.48. The standard InChI is InChI=1S/C13H16BrN3O4/c14-11-2-1-10(9-12(11)17(19)20)13(18)15-3-4-16-5-7-21-8-6-16/h1-2,9H,3-8H2,(H,15,18). The van der Waals surface area contributed by atoms with Gasteiger partial charge in [-0.3, -0.25) is 19.8 Å². The molecule has 1 aromatic carbocycles. The van der Waals surface area contributed by atoms with Gasteiger partial charge in [0.25, 0.3) is 11.6 Å². The second kappa shape index (κ2) is 7.48. The molecule has 8 heteroatoms. The van der Waals surface area contributed by atoms with Crippen LogP contribution in [0, 0.1) is 10.1 Å². The van der Waals surface area contributed by atoms with Crippen LogP contribution in [0.1, 0.15) is 10.4 Å². The number of hydrogen-bond donors (Lipinski definition) is 1. The molecule has 2 rings (SSSR count). The molecule has 0 radical (unpaired) electrons. The quantitative estimate of drug-likeness (QED) is 0.636. The Labute approximate surface area is 130 Å². The zero-order valence-corrected chi connectivity index (χ0v) is 13.0. The normalized spacial score (nSPS) is 15.7. The molecular formula is C13H16BrN3O4. The molecule has 21 heavy (non-hydrogen) atoms. The Balaban J connectivity index is 1.88. The highest BCUT2D eigenvalue weighted by Crippen LogP contribution is 2.25. The van der Waals surface area contributed by atoms with Gasteiger partial charge in [0.05, 0.1) is 22.6 Å². The maximum atomic E-state index is 12.0. The highest BCUT2D eigenvalue weighted by molar-refractivity contribution is 9.10. The first-order valence-electron chi connectivity index (χ1n) is 6.60. The maximum absolute atomic E-state index is 12.0. The molecule has 0 aliphatic carbocycles. The van der Waals surface area contributed by atoms with E-state index in [4.69, 9.17) is 4.74 Å². The van der Waals surface area contributed by atoms with E-state index < -0.39 is 4.92 Å². The first-order valence-corrected chi connectivity index (χ1v) is 7.39. The number of halogens is 1. The molecule has 0 saturated carbocycles. The number of nitrogens with zero attached hydrogens (tertiary/aromatic N) is 2. The summed E-state index contributed by atoms with van der Waals surface area (Å²) < 4.78 is 5.60. The summed E-state index contributed by atoms with van der Waals surface area (Å²) in [6.45, 7) is 4.40. The first-order chi connectivity index (χ1) is 10.1. The number of benzene rings is 1. The number of nitro groups is 1. The van der Waals surface area contributed by atoms with Crippen molar-refractivity contribution < 1.29 is 14.5 Å². The van der Waals surface area contributed by atoms with Crippen LogP contribution in [0.15, 0.2) is 22.7 Å². The number of carbonyl (C=O) groups excluding carboxylic acids is 1. The summed E-state index contributed by atoms with van der Waals surface area (Å²) >= 11 is 3.09. The summed E-state index contributed by atoms with van der Waals surface area (Å²) in [5.41, 5.74) is 0.169. The molecular weight excluding hydrogens is 342 g/mol. The lowest BCUT2D eigenvalue weighted by Gasteiger charge is -2.26. The number of ether oxygens (including phenoxy) is 1. The van der Waals surface area contributed by atoms with Gasteiger partial charge in [0, 0.05) is 37.8 Å². The largest absolute Gasteiger partial charge is 0.379 e. The van der Waals surface area contributed by atoms with Gasteiger partial charge in [-0.2, -0.15) is 0 Å². The van der Waals surface area contributed by atoms with Gasteiger partial charge in [0.2, 0.25) is 0 Å². The minimum absolute atomic E-state index is 0.115. The molecule has 0 atom stereocenters. The monoisotopic (exact) mass is 357 g/mol. The molecule has 1 aliphatic rings. The lowest BCUT2D eigenvalue weighted by atomic mass is 10.2. The predicted octanol–water partition coefficient (Wildman–Crippen LogP) is 1.42. The van der Waals surface area contributed by atoms with Crippen LogP contribution in [0.4, 0.5) is 5.69 Å². The summed E-state index contributed by atoms with van der Waals surface area (Å²) in [5, 5.41) is 13.6. The Bertz CT molecular complexity index is 532. The maximum Gasteiger partial charge on any atom is 0.284 e. The second-order valence-electron chi connectivity index (χ2n) is 4.63. The summed E-state index contributed by atoms with van der Waals surface area (Å²) in [6, 6.07) is 4.34. The van der Waals surface area contributed by atoms with Crippen molar-refractivity contribution >= 4 is 27.5 Å². The highest BCUT2D eigenvalue weighted by Gasteiger charge is 2.16. The summed E-state index contributed by atoms with van der Waals surface area (Å²) in [4.78, 5) is 24.5. The smallest absolute Gasteiger partial charge is 0.284 e. The molecule has 1 fully saturated rings. The zero-order chi connectivity index (χ0) is 15.2. The number of amides is 1. The molecule has 1 aromatic rings. The highest BCUT2D eigenvalue weighted by atomic mass is 79.9. The predicted molar refractivity (Wildman–Crippen MR) is 80.4 cm³/mol. The Morgan fingerprint density at radius 1 is 1.43 bits per heavy atom. The number of hydrogen-bond acceptors (Lipinski definition) is 5. The number of nitro benzene ring substituents is 1. The van der Waals surface area contributed by atoms with Crippen molar-refractivity contribution in [3.05, 3.63) is 38.3 Å². The molecule has 114 valence electrons. The summed E-state index contributed by atoms with van der Waals surface area (Å²) in [7, 11) is 0. The van der Waals surface area contributed by atoms with E-state index in [1.54, 1.807) is 6.07 Å². The van der Waals surface area contributed by atoms with Crippen LogP contribution >= 0.6 is 15.9 Å². The molecule has 0 unspecified atom stereocenters. The van der Waals surface area contributed by atoms with Crippen LogP contribution in [-0.4, -0.2) is 55.1 Å². The van der Waals surface area contributed by atoms with Gasteiger partial charge in [-0.05, 0) is 28.1 Å². The van der Waals surface area contributed by atoms with Crippen LogP contribution < -0.4 is 5.32 Å². The van der Waals surface area contributed by atoms with Crippen molar-refractivity contribution in [2.75, 3.05) is 39.4 Å². The van der Waals surface area contributed by atoms with Gasteiger partial charge < -0.3 is 10.1 Å². The number of morpholine rings is 1. The fourth-order valence-electron chi connectivity index (χ4n) is 2.05. The van der Waals surface area contributed by atoms with Crippen LogP contribution in [0.25, 0.3) is 0 Å². The Kier molecular flexibility index (Phi) is 5.66. The second-order valence-corrected chi connectivity index (χ2v) is 5.49. The lowest BCUT2D eigenvalue weighted by molar-refractivity contribution is -0.385. The molecule has 0 spiro atoms. The Hall–Kier alpha value is -1.51. The molecule has 1 N–H and O–H groups in total. The number of rotatable bonds is 5. The van der Waals surface area contributed by atoms with Crippen LogP contribution in [0.5, 0.6) is 0 Å². The van der Waals surface area contributed by atoms with Crippen LogP contribution in [0.2, 0.25) is 0 Å². The van der Waals surface area contributed by atoms with Crippen molar-refractivity contribution in [1.82, 2.24) is 10.2 Å². The molecule has 0 aromatic heterocycles. The average molecular weight is 358 g/mol. The fraction of sp³-hybridized carbons (Fsp3) is 0.462. The SMILES string of the molecule is O=C(NCCN1CCOCC1)c1ccc(Br)c([N+](=O)[O-])c1. The topological polar surface area (TPSA) is 84.7 Å².